The van der Waals surface area contributed by atoms with Crippen LogP contribution in [0.5, 0.6) is 0 Å². The van der Waals surface area contributed by atoms with Gasteiger partial charge in [-0.25, -0.2) is 4.39 Å². The topological polar surface area (TPSA) is 32.3 Å². The van der Waals surface area contributed by atoms with E-state index in [0.29, 0.717) is 5.56 Å². The number of nitrogens with one attached hydrogen (secondary N) is 1. The normalized spacial score (nSPS) is 17.7. The van der Waals surface area contributed by atoms with Gasteiger partial charge in [0.15, 0.2) is 5.78 Å². The number of ketones is 1. The summed E-state index contributed by atoms with van der Waals surface area (Å²) in [5.41, 5.74) is -0.144. The second-order valence-corrected chi connectivity index (χ2v) is 5.14. The van der Waals surface area contributed by atoms with Crippen molar-refractivity contribution in [3.8, 4) is 0 Å². The average molecular weight is 250 g/mol. The highest BCUT2D eigenvalue weighted by atomic mass is 19.1. The molecule has 1 aliphatic rings. The fraction of sp³-hybridized carbons (Fsp3) is 0.500. The predicted octanol–water partition coefficient (Wildman–Crippen LogP) is 1.69. The van der Waals surface area contributed by atoms with Gasteiger partial charge in [-0.2, -0.15) is 0 Å². The van der Waals surface area contributed by atoms with Crippen molar-refractivity contribution in [3.63, 3.8) is 0 Å². The predicted molar refractivity (Wildman–Crippen MR) is 69.3 cm³/mol. The van der Waals surface area contributed by atoms with Gasteiger partial charge in [0, 0.05) is 31.7 Å². The van der Waals surface area contributed by atoms with Crippen LogP contribution < -0.4 is 5.32 Å². The molecule has 1 aromatic rings. The minimum Gasteiger partial charge on any atom is -0.314 e. The number of benzene rings is 1. The van der Waals surface area contributed by atoms with Gasteiger partial charge in [-0.1, -0.05) is 12.1 Å². The maximum absolute atomic E-state index is 13.2. The summed E-state index contributed by atoms with van der Waals surface area (Å²) in [5.74, 6) is -0.388. The monoisotopic (exact) mass is 250 g/mol. The summed E-state index contributed by atoms with van der Waals surface area (Å²) in [6, 6.07) is 5.92. The van der Waals surface area contributed by atoms with Gasteiger partial charge in [0.1, 0.15) is 5.82 Å². The van der Waals surface area contributed by atoms with Crippen LogP contribution in [0.2, 0.25) is 0 Å². The third-order valence-corrected chi connectivity index (χ3v) is 3.55. The highest BCUT2D eigenvalue weighted by molar-refractivity contribution is 6.02. The summed E-state index contributed by atoms with van der Waals surface area (Å²) < 4.78 is 13.2. The number of hydrogen-bond donors (Lipinski definition) is 1. The molecule has 18 heavy (non-hydrogen) atoms. The number of piperazine rings is 1. The highest BCUT2D eigenvalue weighted by Crippen LogP contribution is 2.21. The molecule has 3 nitrogen and oxygen atoms in total. The van der Waals surface area contributed by atoms with E-state index in [1.807, 2.05) is 13.8 Å². The molecule has 98 valence electrons. The van der Waals surface area contributed by atoms with Crippen LogP contribution in [0, 0.1) is 5.82 Å². The van der Waals surface area contributed by atoms with Gasteiger partial charge in [-0.15, -0.1) is 0 Å². The summed E-state index contributed by atoms with van der Waals surface area (Å²) in [6.07, 6.45) is 0. The van der Waals surface area contributed by atoms with Gasteiger partial charge in [-0.3, -0.25) is 9.69 Å². The molecule has 0 aliphatic carbocycles. The number of nitrogens with zero attached hydrogens (tertiary/aromatic N) is 1. The molecule has 1 heterocycles. The molecular formula is C14H19FN2O. The Bertz CT molecular complexity index is 439. The van der Waals surface area contributed by atoms with E-state index in [2.05, 4.69) is 10.2 Å². The Morgan fingerprint density at radius 3 is 2.61 bits per heavy atom. The number of carbonyl (C=O) groups is 1. The van der Waals surface area contributed by atoms with Crippen LogP contribution in [0.4, 0.5) is 4.39 Å². The van der Waals surface area contributed by atoms with Crippen molar-refractivity contribution in [2.75, 3.05) is 26.2 Å². The van der Waals surface area contributed by atoms with E-state index in [9.17, 15) is 9.18 Å². The summed E-state index contributed by atoms with van der Waals surface area (Å²) in [6.45, 7) is 7.28. The lowest BCUT2D eigenvalue weighted by Crippen LogP contribution is -2.57. The Morgan fingerprint density at radius 1 is 1.33 bits per heavy atom. The molecule has 0 amide bonds. The summed E-state index contributed by atoms with van der Waals surface area (Å²) >= 11 is 0. The van der Waals surface area contributed by atoms with E-state index < -0.39 is 5.54 Å². The third-order valence-electron chi connectivity index (χ3n) is 3.55. The first-order valence-electron chi connectivity index (χ1n) is 6.28. The molecule has 0 aromatic heterocycles. The van der Waals surface area contributed by atoms with Crippen LogP contribution in [-0.4, -0.2) is 42.4 Å². The van der Waals surface area contributed by atoms with Gasteiger partial charge < -0.3 is 5.32 Å². The lowest BCUT2D eigenvalue weighted by Gasteiger charge is -2.40. The molecule has 0 spiro atoms. The zero-order valence-electron chi connectivity index (χ0n) is 10.9. The van der Waals surface area contributed by atoms with E-state index in [1.54, 1.807) is 12.1 Å². The van der Waals surface area contributed by atoms with Crippen LogP contribution in [0.3, 0.4) is 0 Å². The number of hydrogen-bond acceptors (Lipinski definition) is 3. The molecule has 0 radical (unpaired) electrons. The molecule has 0 saturated carbocycles. The number of carbonyl (C=O) groups excluding carboxylic acids is 1. The smallest absolute Gasteiger partial charge is 0.182 e. The molecule has 1 N–H and O–H groups in total. The van der Waals surface area contributed by atoms with Gasteiger partial charge in [-0.05, 0) is 26.0 Å². The zero-order chi connectivity index (χ0) is 13.2. The first kappa shape index (κ1) is 13.2. The molecule has 0 unspecified atom stereocenters. The molecule has 1 aromatic carbocycles. The van der Waals surface area contributed by atoms with Crippen molar-refractivity contribution in [1.82, 2.24) is 10.2 Å². The molecule has 4 heteroatoms. The summed E-state index contributed by atoms with van der Waals surface area (Å²) in [4.78, 5) is 14.6. The Kier molecular flexibility index (Phi) is 3.78. The average Bonchev–Trinajstić information content (AvgIpc) is 2.39. The van der Waals surface area contributed by atoms with E-state index in [4.69, 9.17) is 0 Å². The lowest BCUT2D eigenvalue weighted by atomic mass is 9.90. The van der Waals surface area contributed by atoms with Crippen molar-refractivity contribution in [2.24, 2.45) is 0 Å². The standard InChI is InChI=1S/C14H19FN2O/c1-14(2,17-8-6-16-7-9-17)13(18)11-4-3-5-12(15)10-11/h3-5,10,16H,6-9H2,1-2H3. The van der Waals surface area contributed by atoms with Crippen molar-refractivity contribution in [1.29, 1.82) is 0 Å². The maximum atomic E-state index is 13.2. The molecule has 0 atom stereocenters. The first-order chi connectivity index (χ1) is 8.51. The Balaban J connectivity index is 2.20. The minimum absolute atomic E-state index is 0.0242. The van der Waals surface area contributed by atoms with Crippen molar-refractivity contribution < 1.29 is 9.18 Å². The van der Waals surface area contributed by atoms with Gasteiger partial charge >= 0.3 is 0 Å². The molecule has 1 aliphatic heterocycles. The van der Waals surface area contributed by atoms with Gasteiger partial charge in [0.25, 0.3) is 0 Å². The van der Waals surface area contributed by atoms with Crippen LogP contribution in [-0.2, 0) is 0 Å². The maximum Gasteiger partial charge on any atom is 0.182 e. The van der Waals surface area contributed by atoms with Crippen molar-refractivity contribution >= 4 is 5.78 Å². The summed E-state index contributed by atoms with van der Waals surface area (Å²) in [7, 11) is 0. The second kappa shape index (κ2) is 5.16. The van der Waals surface area contributed by atoms with Crippen LogP contribution in [0.25, 0.3) is 0 Å². The largest absolute Gasteiger partial charge is 0.314 e. The van der Waals surface area contributed by atoms with E-state index in [0.717, 1.165) is 26.2 Å². The molecule has 2 rings (SSSR count). The number of halogens is 1. The van der Waals surface area contributed by atoms with E-state index >= 15 is 0 Å². The lowest BCUT2D eigenvalue weighted by molar-refractivity contribution is 0.0602. The Labute approximate surface area is 107 Å². The fourth-order valence-electron chi connectivity index (χ4n) is 2.35. The van der Waals surface area contributed by atoms with Gasteiger partial charge in [0.2, 0.25) is 0 Å². The molecule has 1 saturated heterocycles. The minimum atomic E-state index is -0.587. The number of rotatable bonds is 3. The second-order valence-electron chi connectivity index (χ2n) is 5.14. The highest BCUT2D eigenvalue weighted by Gasteiger charge is 2.35. The van der Waals surface area contributed by atoms with Crippen LogP contribution in [0.15, 0.2) is 24.3 Å². The Morgan fingerprint density at radius 2 is 2.00 bits per heavy atom. The van der Waals surface area contributed by atoms with Crippen molar-refractivity contribution in [2.45, 2.75) is 19.4 Å². The molecular weight excluding hydrogens is 231 g/mol. The van der Waals surface area contributed by atoms with E-state index in [1.165, 1.54) is 12.1 Å². The molecule has 1 fully saturated rings. The van der Waals surface area contributed by atoms with Crippen molar-refractivity contribution in [3.05, 3.63) is 35.6 Å². The first-order valence-corrected chi connectivity index (χ1v) is 6.28. The number of Topliss-reactive ketones (excluding diaryl/α,β-unsaturated/α-hetero) is 1. The third kappa shape index (κ3) is 2.60. The van der Waals surface area contributed by atoms with Gasteiger partial charge in [0.05, 0.1) is 5.54 Å². The molecule has 0 bridgehead atoms. The fourth-order valence-corrected chi connectivity index (χ4v) is 2.35. The zero-order valence-corrected chi connectivity index (χ0v) is 10.9. The van der Waals surface area contributed by atoms with Crippen LogP contribution in [0.1, 0.15) is 24.2 Å². The quantitative estimate of drug-likeness (QED) is 0.829. The summed E-state index contributed by atoms with van der Waals surface area (Å²) in [5, 5.41) is 3.26. The SMILES string of the molecule is CC(C)(C(=O)c1cccc(F)c1)N1CCNCC1. The van der Waals surface area contributed by atoms with Crippen LogP contribution >= 0.6 is 0 Å². The van der Waals surface area contributed by atoms with E-state index in [-0.39, 0.29) is 11.6 Å². The Hall–Kier alpha value is -1.26.